The predicted octanol–water partition coefficient (Wildman–Crippen LogP) is 1.93. The molecule has 1 aromatic heterocycles. The van der Waals surface area contributed by atoms with Gasteiger partial charge in [0.15, 0.2) is 5.06 Å². The number of carbonyl (C=O) groups is 2. The Morgan fingerprint density at radius 2 is 2.42 bits per heavy atom. The van der Waals surface area contributed by atoms with Gasteiger partial charge in [-0.2, -0.15) is 0 Å². The average molecular weight is 301 g/mol. The van der Waals surface area contributed by atoms with Gasteiger partial charge in [0.05, 0.1) is 17.0 Å². The molecule has 2 heterocycles. The van der Waals surface area contributed by atoms with Gasteiger partial charge in [-0.05, 0) is 18.9 Å². The van der Waals surface area contributed by atoms with Gasteiger partial charge < -0.3 is 15.4 Å². The van der Waals surface area contributed by atoms with Crippen molar-refractivity contribution in [3.63, 3.8) is 0 Å². The summed E-state index contributed by atoms with van der Waals surface area (Å²) < 4.78 is 5.54. The number of methoxy groups -OCH3 is 1. The molecule has 0 radical (unpaired) electrons. The fourth-order valence-corrected chi connectivity index (χ4v) is 2.82. The first kappa shape index (κ1) is 13.9. The third-order valence-electron chi connectivity index (χ3n) is 2.75. The standard InChI is InChI=1S/C12H13ClN2O3S/c1-6-3-4-8(11(17)14-6)15-10(16)7-5-9(13)19-12(7)18-2/h5,8H,1,3-4H2,2H3,(H,14,17)(H,15,16). The molecule has 1 unspecified atom stereocenters. The van der Waals surface area contributed by atoms with Crippen molar-refractivity contribution >= 4 is 34.8 Å². The highest BCUT2D eigenvalue weighted by Gasteiger charge is 2.27. The van der Waals surface area contributed by atoms with Crippen LogP contribution in [0.1, 0.15) is 23.2 Å². The normalized spacial score (nSPS) is 18.9. The lowest BCUT2D eigenvalue weighted by Gasteiger charge is -2.24. The van der Waals surface area contributed by atoms with E-state index in [1.54, 1.807) is 0 Å². The number of allylic oxidation sites excluding steroid dienone is 1. The van der Waals surface area contributed by atoms with Crippen LogP contribution in [0.15, 0.2) is 18.3 Å². The maximum absolute atomic E-state index is 12.1. The number of piperidine rings is 1. The predicted molar refractivity (Wildman–Crippen MR) is 73.7 cm³/mol. The zero-order valence-corrected chi connectivity index (χ0v) is 11.9. The van der Waals surface area contributed by atoms with Crippen molar-refractivity contribution in [1.82, 2.24) is 10.6 Å². The van der Waals surface area contributed by atoms with Gasteiger partial charge in [-0.3, -0.25) is 9.59 Å². The molecule has 0 aliphatic carbocycles. The minimum Gasteiger partial charge on any atom is -0.487 e. The van der Waals surface area contributed by atoms with E-state index in [1.807, 2.05) is 0 Å². The molecule has 1 aliphatic rings. The molecule has 1 aromatic rings. The summed E-state index contributed by atoms with van der Waals surface area (Å²) in [7, 11) is 1.47. The van der Waals surface area contributed by atoms with Crippen LogP contribution in [0.3, 0.4) is 0 Å². The summed E-state index contributed by atoms with van der Waals surface area (Å²) in [6.07, 6.45) is 1.19. The summed E-state index contributed by atoms with van der Waals surface area (Å²) in [5.74, 6) is -0.613. The first-order valence-corrected chi connectivity index (χ1v) is 6.83. The van der Waals surface area contributed by atoms with Gasteiger partial charge in [0.1, 0.15) is 6.04 Å². The van der Waals surface area contributed by atoms with Crippen molar-refractivity contribution in [1.29, 1.82) is 0 Å². The molecule has 1 aliphatic heterocycles. The van der Waals surface area contributed by atoms with Gasteiger partial charge in [-0.1, -0.05) is 29.5 Å². The highest BCUT2D eigenvalue weighted by atomic mass is 35.5. The summed E-state index contributed by atoms with van der Waals surface area (Å²) in [5.41, 5.74) is 1.02. The molecule has 5 nitrogen and oxygen atoms in total. The Morgan fingerprint density at radius 1 is 1.68 bits per heavy atom. The van der Waals surface area contributed by atoms with Gasteiger partial charge in [0.2, 0.25) is 5.91 Å². The van der Waals surface area contributed by atoms with Crippen LogP contribution in [-0.4, -0.2) is 25.0 Å². The van der Waals surface area contributed by atoms with Crippen molar-refractivity contribution in [2.75, 3.05) is 7.11 Å². The van der Waals surface area contributed by atoms with E-state index in [0.717, 1.165) is 0 Å². The summed E-state index contributed by atoms with van der Waals surface area (Å²) in [4.78, 5) is 23.8. The number of rotatable bonds is 3. The van der Waals surface area contributed by atoms with Crippen molar-refractivity contribution in [2.24, 2.45) is 0 Å². The first-order chi connectivity index (χ1) is 9.01. The van der Waals surface area contributed by atoms with Gasteiger partial charge in [-0.25, -0.2) is 0 Å². The molecule has 102 valence electrons. The number of nitrogens with one attached hydrogen (secondary N) is 2. The number of halogens is 1. The Kier molecular flexibility index (Phi) is 4.11. The molecule has 0 spiro atoms. The van der Waals surface area contributed by atoms with Crippen LogP contribution in [0.4, 0.5) is 0 Å². The van der Waals surface area contributed by atoms with E-state index >= 15 is 0 Å². The molecule has 2 rings (SSSR count). The Labute approximate surface area is 119 Å². The van der Waals surface area contributed by atoms with Crippen molar-refractivity contribution in [3.05, 3.63) is 28.2 Å². The van der Waals surface area contributed by atoms with Gasteiger partial charge in [0.25, 0.3) is 5.91 Å². The molecule has 19 heavy (non-hydrogen) atoms. The Morgan fingerprint density at radius 3 is 3.05 bits per heavy atom. The van der Waals surface area contributed by atoms with E-state index in [2.05, 4.69) is 17.2 Å². The third-order valence-corrected chi connectivity index (χ3v) is 3.98. The molecule has 0 bridgehead atoms. The topological polar surface area (TPSA) is 67.4 Å². The molecule has 1 atom stereocenters. The van der Waals surface area contributed by atoms with E-state index in [-0.39, 0.29) is 11.8 Å². The molecule has 7 heteroatoms. The molecule has 1 fully saturated rings. The van der Waals surface area contributed by atoms with Crippen LogP contribution in [-0.2, 0) is 4.79 Å². The lowest BCUT2D eigenvalue weighted by molar-refractivity contribution is -0.123. The van der Waals surface area contributed by atoms with Crippen molar-refractivity contribution < 1.29 is 14.3 Å². The Bertz CT molecular complexity index is 541. The number of thiophene rings is 1. The van der Waals surface area contributed by atoms with Crippen LogP contribution in [0.2, 0.25) is 4.34 Å². The van der Waals surface area contributed by atoms with Gasteiger partial charge in [0, 0.05) is 5.70 Å². The first-order valence-electron chi connectivity index (χ1n) is 5.64. The molecular formula is C12H13ClN2O3S. The number of amides is 2. The van der Waals surface area contributed by atoms with E-state index in [1.165, 1.54) is 24.5 Å². The monoisotopic (exact) mass is 300 g/mol. The van der Waals surface area contributed by atoms with Crippen LogP contribution in [0, 0.1) is 0 Å². The average Bonchev–Trinajstić information content (AvgIpc) is 2.74. The fourth-order valence-electron chi connectivity index (χ4n) is 1.80. The third kappa shape index (κ3) is 3.08. The molecule has 0 saturated carbocycles. The van der Waals surface area contributed by atoms with E-state index < -0.39 is 6.04 Å². The second kappa shape index (κ2) is 5.63. The van der Waals surface area contributed by atoms with E-state index in [0.29, 0.717) is 33.5 Å². The van der Waals surface area contributed by atoms with Crippen molar-refractivity contribution in [2.45, 2.75) is 18.9 Å². The zero-order chi connectivity index (χ0) is 14.0. The zero-order valence-electron chi connectivity index (χ0n) is 10.3. The maximum atomic E-state index is 12.1. The van der Waals surface area contributed by atoms with E-state index in [4.69, 9.17) is 16.3 Å². The highest BCUT2D eigenvalue weighted by Crippen LogP contribution is 2.33. The Hall–Kier alpha value is -1.53. The minimum atomic E-state index is -0.554. The van der Waals surface area contributed by atoms with Crippen LogP contribution in [0.25, 0.3) is 0 Å². The lowest BCUT2D eigenvalue weighted by Crippen LogP contribution is -2.49. The highest BCUT2D eigenvalue weighted by molar-refractivity contribution is 7.18. The minimum absolute atomic E-state index is 0.245. The number of hydrogen-bond acceptors (Lipinski definition) is 4. The molecule has 1 saturated heterocycles. The SMILES string of the molecule is C=C1CCC(NC(=O)c2cc(Cl)sc2OC)C(=O)N1. The quantitative estimate of drug-likeness (QED) is 0.896. The Balaban J connectivity index is 2.08. The molecule has 0 aromatic carbocycles. The lowest BCUT2D eigenvalue weighted by atomic mass is 10.0. The van der Waals surface area contributed by atoms with Crippen LogP contribution >= 0.6 is 22.9 Å². The number of ether oxygens (including phenoxy) is 1. The molecule has 2 N–H and O–H groups in total. The smallest absolute Gasteiger partial charge is 0.256 e. The largest absolute Gasteiger partial charge is 0.487 e. The number of hydrogen-bond donors (Lipinski definition) is 2. The summed E-state index contributed by atoms with van der Waals surface area (Å²) >= 11 is 7.02. The van der Waals surface area contributed by atoms with Crippen LogP contribution < -0.4 is 15.4 Å². The summed E-state index contributed by atoms with van der Waals surface area (Å²) in [6.45, 7) is 3.69. The summed E-state index contributed by atoms with van der Waals surface area (Å²) in [5, 5.41) is 5.72. The molecule has 2 amide bonds. The van der Waals surface area contributed by atoms with Gasteiger partial charge in [-0.15, -0.1) is 0 Å². The van der Waals surface area contributed by atoms with E-state index in [9.17, 15) is 9.59 Å². The summed E-state index contributed by atoms with van der Waals surface area (Å²) in [6, 6.07) is 0.974. The molecular weight excluding hydrogens is 288 g/mol. The second-order valence-electron chi connectivity index (χ2n) is 4.11. The van der Waals surface area contributed by atoms with Crippen molar-refractivity contribution in [3.8, 4) is 5.06 Å². The maximum Gasteiger partial charge on any atom is 0.256 e. The fraction of sp³-hybridized carbons (Fsp3) is 0.333. The second-order valence-corrected chi connectivity index (χ2v) is 5.76. The van der Waals surface area contributed by atoms with Crippen LogP contribution in [0.5, 0.6) is 5.06 Å². The van der Waals surface area contributed by atoms with Gasteiger partial charge >= 0.3 is 0 Å². The number of carbonyl (C=O) groups excluding carboxylic acids is 2.